The summed E-state index contributed by atoms with van der Waals surface area (Å²) in [6, 6.07) is 14.5. The highest BCUT2D eigenvalue weighted by atomic mass is 32.2. The molecule has 0 heterocycles. The molecule has 11 nitrogen and oxygen atoms in total. The highest BCUT2D eigenvalue weighted by Crippen LogP contribution is 2.23. The molecule has 0 aliphatic carbocycles. The molecule has 0 radical (unpaired) electrons. The molecule has 13 heteroatoms. The second-order valence-corrected chi connectivity index (χ2v) is 9.40. The monoisotopic (exact) mass is 481 g/mol. The van der Waals surface area contributed by atoms with Gasteiger partial charge >= 0.3 is 0 Å². The third kappa shape index (κ3) is 7.02. The third-order valence-corrected chi connectivity index (χ3v) is 5.87. The number of aryl methyl sites for hydroxylation is 1. The summed E-state index contributed by atoms with van der Waals surface area (Å²) in [7, 11) is -8.72. The number of benzene rings is 3. The lowest BCUT2D eigenvalue weighted by molar-refractivity contribution is 0.481. The van der Waals surface area contributed by atoms with Gasteiger partial charge in [-0.2, -0.15) is 16.8 Å². The molecule has 32 heavy (non-hydrogen) atoms. The van der Waals surface area contributed by atoms with Crippen LogP contribution in [0.4, 0.5) is 28.4 Å². The lowest BCUT2D eigenvalue weighted by Crippen LogP contribution is -2.10. The van der Waals surface area contributed by atoms with Crippen LogP contribution in [0.15, 0.2) is 70.5 Å². The van der Waals surface area contributed by atoms with Crippen molar-refractivity contribution in [1.29, 1.82) is 0 Å². The van der Waals surface area contributed by atoms with E-state index < -0.39 is 25.1 Å². The Balaban J connectivity index is 0.000000336. The van der Waals surface area contributed by atoms with Crippen molar-refractivity contribution in [3.05, 3.63) is 66.2 Å². The first-order chi connectivity index (χ1) is 14.8. The molecule has 0 aliphatic heterocycles. The average molecular weight is 482 g/mol. The average Bonchev–Trinajstić information content (AvgIpc) is 2.70. The lowest BCUT2D eigenvalue weighted by Gasteiger charge is -2.11. The third-order valence-electron chi connectivity index (χ3n) is 4.09. The van der Waals surface area contributed by atoms with E-state index in [0.29, 0.717) is 11.4 Å². The van der Waals surface area contributed by atoms with Crippen molar-refractivity contribution in [3.63, 3.8) is 0 Å². The van der Waals surface area contributed by atoms with Crippen LogP contribution in [-0.4, -0.2) is 25.9 Å². The smallest absolute Gasteiger partial charge is 0.296 e. The number of rotatable bonds is 5. The van der Waals surface area contributed by atoms with Gasteiger partial charge in [0, 0.05) is 11.4 Å². The van der Waals surface area contributed by atoms with Crippen LogP contribution in [0.1, 0.15) is 5.56 Å². The molecule has 3 aromatic rings. The van der Waals surface area contributed by atoms with Gasteiger partial charge in [-0.25, -0.2) is 0 Å². The van der Waals surface area contributed by atoms with Crippen LogP contribution in [0.5, 0.6) is 0 Å². The number of hydrogen-bond donors (Lipinski definition) is 7. The van der Waals surface area contributed by atoms with Gasteiger partial charge in [-0.15, -0.1) is 0 Å². The standard InChI is InChI=1S/C12H13N3O6S2.C7H10N2/c13-11-6-3-9(7-12(11)23(19,20)21)15-14-8-1-4-10(5-2-8)22(16,17)18;1-5-4-6(8)2-3-7(5)9/h1-7,14-15H,13H2,(H,16,17,18)(H,19,20,21);2-4H,8-9H2,1H3. The molecule has 0 spiro atoms. The van der Waals surface area contributed by atoms with Crippen LogP contribution in [0.3, 0.4) is 0 Å². The number of nitrogens with one attached hydrogen (secondary N) is 2. The fraction of sp³-hybridized carbons (Fsp3) is 0.0526. The van der Waals surface area contributed by atoms with E-state index in [4.69, 9.17) is 26.3 Å². The lowest BCUT2D eigenvalue weighted by atomic mass is 10.2. The number of hydrazine groups is 1. The molecule has 0 aliphatic rings. The minimum atomic E-state index is -4.45. The molecule has 3 rings (SSSR count). The van der Waals surface area contributed by atoms with Gasteiger partial charge in [0.2, 0.25) is 0 Å². The van der Waals surface area contributed by atoms with E-state index >= 15 is 0 Å². The van der Waals surface area contributed by atoms with Crippen LogP contribution in [0.25, 0.3) is 0 Å². The second-order valence-electron chi connectivity index (χ2n) is 6.59. The molecular weight excluding hydrogens is 458 g/mol. The minimum Gasteiger partial charge on any atom is -0.399 e. The zero-order valence-corrected chi connectivity index (χ0v) is 18.5. The number of anilines is 5. The maximum absolute atomic E-state index is 11.2. The van der Waals surface area contributed by atoms with E-state index in [-0.39, 0.29) is 10.6 Å². The molecule has 0 amide bonds. The highest BCUT2D eigenvalue weighted by molar-refractivity contribution is 7.86. The summed E-state index contributed by atoms with van der Waals surface area (Å²) in [6.07, 6.45) is 0. The first kappa shape index (κ1) is 24.7. The van der Waals surface area contributed by atoms with Crippen molar-refractivity contribution >= 4 is 48.7 Å². The van der Waals surface area contributed by atoms with Crippen molar-refractivity contribution < 1.29 is 25.9 Å². The quantitative estimate of drug-likeness (QED) is 0.160. The highest BCUT2D eigenvalue weighted by Gasteiger charge is 2.14. The molecule has 0 unspecified atom stereocenters. The van der Waals surface area contributed by atoms with Gasteiger partial charge in [0.05, 0.1) is 22.0 Å². The summed E-state index contributed by atoms with van der Waals surface area (Å²) in [6.45, 7) is 1.94. The predicted octanol–water partition coefficient (Wildman–Crippen LogP) is 2.36. The summed E-state index contributed by atoms with van der Waals surface area (Å²) < 4.78 is 62.1. The maximum atomic E-state index is 11.2. The molecule has 0 saturated carbocycles. The van der Waals surface area contributed by atoms with Crippen LogP contribution in [-0.2, 0) is 20.2 Å². The van der Waals surface area contributed by atoms with Gasteiger partial charge in [0.15, 0.2) is 0 Å². The van der Waals surface area contributed by atoms with E-state index in [0.717, 1.165) is 23.0 Å². The van der Waals surface area contributed by atoms with E-state index in [1.54, 1.807) is 6.07 Å². The molecule has 0 aromatic heterocycles. The van der Waals surface area contributed by atoms with Gasteiger partial charge in [-0.05, 0) is 73.2 Å². The fourth-order valence-corrected chi connectivity index (χ4v) is 3.51. The van der Waals surface area contributed by atoms with E-state index in [1.807, 2.05) is 19.1 Å². The summed E-state index contributed by atoms with van der Waals surface area (Å²) in [5, 5.41) is 0. The molecule has 10 N–H and O–H groups in total. The largest absolute Gasteiger partial charge is 0.399 e. The predicted molar refractivity (Wildman–Crippen MR) is 124 cm³/mol. The van der Waals surface area contributed by atoms with E-state index in [2.05, 4.69) is 10.9 Å². The summed E-state index contributed by atoms with van der Waals surface area (Å²) in [4.78, 5) is -0.699. The zero-order chi connectivity index (χ0) is 24.1. The van der Waals surface area contributed by atoms with Gasteiger partial charge in [-0.3, -0.25) is 9.11 Å². The molecular formula is C19H23N5O6S2. The van der Waals surface area contributed by atoms with Crippen molar-refractivity contribution in [2.75, 3.05) is 28.1 Å². The molecule has 172 valence electrons. The zero-order valence-electron chi connectivity index (χ0n) is 16.8. The Morgan fingerprint density at radius 1 is 0.688 bits per heavy atom. The molecule has 0 fully saturated rings. The topological polar surface area (TPSA) is 211 Å². The van der Waals surface area contributed by atoms with Crippen LogP contribution in [0.2, 0.25) is 0 Å². The Kier molecular flexibility index (Phi) is 7.53. The first-order valence-electron chi connectivity index (χ1n) is 8.85. The number of nitrogens with two attached hydrogens (primary N) is 3. The van der Waals surface area contributed by atoms with Gasteiger partial charge < -0.3 is 28.1 Å². The summed E-state index contributed by atoms with van der Waals surface area (Å²) in [5.41, 5.74) is 25.1. The SMILES string of the molecule is Cc1cc(N)ccc1N.Nc1ccc(NNc2ccc(S(=O)(=O)O)cc2)cc1S(=O)(=O)O. The van der Waals surface area contributed by atoms with Crippen LogP contribution < -0.4 is 28.1 Å². The Hall–Kier alpha value is -3.52. The van der Waals surface area contributed by atoms with Crippen LogP contribution >= 0.6 is 0 Å². The van der Waals surface area contributed by atoms with Gasteiger partial charge in [-0.1, -0.05) is 0 Å². The van der Waals surface area contributed by atoms with Crippen molar-refractivity contribution in [1.82, 2.24) is 0 Å². The van der Waals surface area contributed by atoms with Crippen molar-refractivity contribution in [2.24, 2.45) is 0 Å². The Labute approximate surface area is 185 Å². The number of nitrogen functional groups attached to an aromatic ring is 3. The maximum Gasteiger partial charge on any atom is 0.296 e. The molecule has 0 saturated heterocycles. The van der Waals surface area contributed by atoms with E-state index in [1.165, 1.54) is 36.4 Å². The molecule has 0 atom stereocenters. The van der Waals surface area contributed by atoms with E-state index in [9.17, 15) is 16.8 Å². The normalized spacial score (nSPS) is 11.2. The van der Waals surface area contributed by atoms with Crippen molar-refractivity contribution in [3.8, 4) is 0 Å². The Morgan fingerprint density at radius 3 is 1.72 bits per heavy atom. The van der Waals surface area contributed by atoms with Gasteiger partial charge in [0.25, 0.3) is 20.2 Å². The van der Waals surface area contributed by atoms with Crippen LogP contribution in [0, 0.1) is 6.92 Å². The Morgan fingerprint density at radius 2 is 1.22 bits per heavy atom. The summed E-state index contributed by atoms with van der Waals surface area (Å²) >= 11 is 0. The summed E-state index contributed by atoms with van der Waals surface area (Å²) in [5.74, 6) is 0. The molecule has 0 bridgehead atoms. The number of hydrogen-bond acceptors (Lipinski definition) is 9. The van der Waals surface area contributed by atoms with Crippen molar-refractivity contribution in [2.45, 2.75) is 16.7 Å². The van der Waals surface area contributed by atoms with Gasteiger partial charge in [0.1, 0.15) is 4.90 Å². The molecule has 3 aromatic carbocycles. The second kappa shape index (κ2) is 9.74. The first-order valence-corrected chi connectivity index (χ1v) is 11.7. The fourth-order valence-electron chi connectivity index (χ4n) is 2.39. The Bertz CT molecular complexity index is 1310. The minimum absolute atomic E-state index is 0.101.